The number of furan rings is 1. The SMILES string of the molecule is c1ccc(-c2nc(-c3cccc(-c4cc5c6cccc(-c7ccccc7)c6oc5c5ccccc45)c3)nc(-c3cccc4sc5ccccc5c34)n2)cc1. The second-order valence-corrected chi connectivity index (χ2v) is 14.6. The Morgan fingerprint density at radius 3 is 1.72 bits per heavy atom. The van der Waals surface area contributed by atoms with Crippen molar-refractivity contribution in [3.63, 3.8) is 0 Å². The molecular weight excluding hydrogens is 679 g/mol. The first-order valence-electron chi connectivity index (χ1n) is 18.0. The Hall–Kier alpha value is -6.95. The van der Waals surface area contributed by atoms with Gasteiger partial charge >= 0.3 is 0 Å². The Balaban J connectivity index is 1.12. The standard InChI is InChI=1S/C49H29N3OS/c1-3-14-30(15-4-1)34-23-12-24-37-41-29-40(35-20-7-8-21-36(35)46(41)53-45(34)37)32-18-11-19-33(28-32)48-50-47(31-16-5-2-6-17-31)51-49(52-48)39-25-13-27-43-44(39)38-22-9-10-26-42(38)54-43/h1-29H. The largest absolute Gasteiger partial charge is 0.455 e. The van der Waals surface area contributed by atoms with E-state index >= 15 is 0 Å². The van der Waals surface area contributed by atoms with E-state index in [0.717, 1.165) is 71.7 Å². The van der Waals surface area contributed by atoms with E-state index in [1.165, 1.54) is 20.2 Å². The highest BCUT2D eigenvalue weighted by molar-refractivity contribution is 7.25. The molecule has 0 aliphatic rings. The quantitative estimate of drug-likeness (QED) is 0.179. The number of para-hydroxylation sites is 1. The molecule has 11 aromatic rings. The summed E-state index contributed by atoms with van der Waals surface area (Å²) in [6.45, 7) is 0. The molecular formula is C49H29N3OS. The van der Waals surface area contributed by atoms with E-state index in [1.807, 2.05) is 24.3 Å². The zero-order chi connectivity index (χ0) is 35.6. The number of hydrogen-bond acceptors (Lipinski definition) is 5. The van der Waals surface area contributed by atoms with Crippen LogP contribution >= 0.6 is 11.3 Å². The highest BCUT2D eigenvalue weighted by atomic mass is 32.1. The first kappa shape index (κ1) is 30.7. The molecule has 0 unspecified atom stereocenters. The molecule has 0 amide bonds. The molecule has 5 heteroatoms. The molecule has 54 heavy (non-hydrogen) atoms. The monoisotopic (exact) mass is 707 g/mol. The van der Waals surface area contributed by atoms with Gasteiger partial charge in [-0.1, -0.05) is 152 Å². The number of hydrogen-bond donors (Lipinski definition) is 0. The van der Waals surface area contributed by atoms with E-state index in [4.69, 9.17) is 19.4 Å². The first-order chi connectivity index (χ1) is 26.8. The molecule has 0 radical (unpaired) electrons. The summed E-state index contributed by atoms with van der Waals surface area (Å²) in [5.74, 6) is 1.93. The zero-order valence-electron chi connectivity index (χ0n) is 28.9. The van der Waals surface area contributed by atoms with Crippen LogP contribution in [0.3, 0.4) is 0 Å². The summed E-state index contributed by atoms with van der Waals surface area (Å²) in [7, 11) is 0. The van der Waals surface area contributed by atoms with E-state index in [0.29, 0.717) is 17.5 Å². The normalized spacial score (nSPS) is 11.7. The summed E-state index contributed by atoms with van der Waals surface area (Å²) in [5.41, 5.74) is 9.08. The average molecular weight is 708 g/mol. The maximum atomic E-state index is 6.77. The predicted molar refractivity (Wildman–Crippen MR) is 225 cm³/mol. The number of fused-ring (bicyclic) bond motifs is 8. The van der Waals surface area contributed by atoms with Gasteiger partial charge in [-0.3, -0.25) is 0 Å². The summed E-state index contributed by atoms with van der Waals surface area (Å²) < 4.78 is 9.23. The van der Waals surface area contributed by atoms with Crippen LogP contribution in [0.2, 0.25) is 0 Å². The van der Waals surface area contributed by atoms with Gasteiger partial charge in [0.2, 0.25) is 0 Å². The van der Waals surface area contributed by atoms with Crippen LogP contribution in [0, 0.1) is 0 Å². The number of nitrogens with zero attached hydrogens (tertiary/aromatic N) is 3. The first-order valence-corrected chi connectivity index (χ1v) is 18.8. The predicted octanol–water partition coefficient (Wildman–Crippen LogP) is 13.6. The van der Waals surface area contributed by atoms with Crippen molar-refractivity contribution in [2.24, 2.45) is 0 Å². The molecule has 0 N–H and O–H groups in total. The minimum atomic E-state index is 0.629. The van der Waals surface area contributed by atoms with Gasteiger partial charge in [-0.15, -0.1) is 11.3 Å². The van der Waals surface area contributed by atoms with Gasteiger partial charge < -0.3 is 4.42 Å². The van der Waals surface area contributed by atoms with Gasteiger partial charge in [0.15, 0.2) is 17.5 Å². The molecule has 0 spiro atoms. The molecule has 3 aromatic heterocycles. The highest BCUT2D eigenvalue weighted by Crippen LogP contribution is 2.43. The maximum Gasteiger partial charge on any atom is 0.164 e. The molecule has 0 aliphatic carbocycles. The van der Waals surface area contributed by atoms with Crippen molar-refractivity contribution in [3.05, 3.63) is 176 Å². The molecule has 4 nitrogen and oxygen atoms in total. The van der Waals surface area contributed by atoms with Crippen molar-refractivity contribution >= 4 is 64.2 Å². The van der Waals surface area contributed by atoms with Crippen LogP contribution in [-0.2, 0) is 0 Å². The molecule has 0 bridgehead atoms. The highest BCUT2D eigenvalue weighted by Gasteiger charge is 2.20. The fraction of sp³-hybridized carbons (Fsp3) is 0. The smallest absolute Gasteiger partial charge is 0.164 e. The summed E-state index contributed by atoms with van der Waals surface area (Å²) >= 11 is 1.80. The summed E-state index contributed by atoms with van der Waals surface area (Å²) in [4.78, 5) is 15.5. The fourth-order valence-electron chi connectivity index (χ4n) is 7.83. The van der Waals surface area contributed by atoms with Crippen LogP contribution in [-0.4, -0.2) is 15.0 Å². The van der Waals surface area contributed by atoms with Crippen LogP contribution < -0.4 is 0 Å². The van der Waals surface area contributed by atoms with Gasteiger partial charge in [-0.2, -0.15) is 0 Å². The number of benzene rings is 8. The van der Waals surface area contributed by atoms with Crippen molar-refractivity contribution in [3.8, 4) is 56.4 Å². The minimum absolute atomic E-state index is 0.629. The topological polar surface area (TPSA) is 51.8 Å². The van der Waals surface area contributed by atoms with Gasteiger partial charge in [-0.05, 0) is 46.3 Å². The van der Waals surface area contributed by atoms with Crippen LogP contribution in [0.25, 0.3) is 109 Å². The van der Waals surface area contributed by atoms with Gasteiger partial charge in [0.25, 0.3) is 0 Å². The Morgan fingerprint density at radius 2 is 0.889 bits per heavy atom. The molecule has 11 rings (SSSR count). The third kappa shape index (κ3) is 4.94. The van der Waals surface area contributed by atoms with Crippen LogP contribution in [0.15, 0.2) is 180 Å². The molecule has 0 saturated heterocycles. The lowest BCUT2D eigenvalue weighted by Crippen LogP contribution is -2.00. The van der Waals surface area contributed by atoms with Crippen LogP contribution in [0.1, 0.15) is 0 Å². The molecule has 3 heterocycles. The Bertz CT molecular complexity index is 3220. The lowest BCUT2D eigenvalue weighted by atomic mass is 9.94. The third-order valence-corrected chi connectivity index (χ3v) is 11.5. The van der Waals surface area contributed by atoms with Gasteiger partial charge in [0.1, 0.15) is 11.2 Å². The van der Waals surface area contributed by atoms with E-state index in [-0.39, 0.29) is 0 Å². The van der Waals surface area contributed by atoms with E-state index in [1.54, 1.807) is 11.3 Å². The second-order valence-electron chi connectivity index (χ2n) is 13.5. The summed E-state index contributed by atoms with van der Waals surface area (Å²) in [6, 6.07) is 61.4. The number of aromatic nitrogens is 3. The minimum Gasteiger partial charge on any atom is -0.455 e. The Morgan fingerprint density at radius 1 is 0.333 bits per heavy atom. The van der Waals surface area contributed by atoms with Crippen LogP contribution in [0.5, 0.6) is 0 Å². The molecule has 0 aliphatic heterocycles. The molecule has 8 aromatic carbocycles. The van der Waals surface area contributed by atoms with Crippen molar-refractivity contribution in [1.82, 2.24) is 15.0 Å². The van der Waals surface area contributed by atoms with Crippen molar-refractivity contribution in [2.45, 2.75) is 0 Å². The van der Waals surface area contributed by atoms with Crippen molar-refractivity contribution < 1.29 is 4.42 Å². The second kappa shape index (κ2) is 12.3. The van der Waals surface area contributed by atoms with E-state index < -0.39 is 0 Å². The lowest BCUT2D eigenvalue weighted by Gasteiger charge is -2.12. The molecule has 0 fully saturated rings. The lowest BCUT2D eigenvalue weighted by molar-refractivity contribution is 0.674. The Kier molecular flexibility index (Phi) is 7.00. The summed E-state index contributed by atoms with van der Waals surface area (Å²) in [5, 5.41) is 6.77. The average Bonchev–Trinajstić information content (AvgIpc) is 3.83. The Labute approximate surface area is 314 Å². The molecule has 252 valence electrons. The number of thiophene rings is 1. The fourth-order valence-corrected chi connectivity index (χ4v) is 8.96. The summed E-state index contributed by atoms with van der Waals surface area (Å²) in [6.07, 6.45) is 0. The zero-order valence-corrected chi connectivity index (χ0v) is 29.7. The van der Waals surface area contributed by atoms with Crippen LogP contribution in [0.4, 0.5) is 0 Å². The van der Waals surface area contributed by atoms with Crippen molar-refractivity contribution in [1.29, 1.82) is 0 Å². The third-order valence-electron chi connectivity index (χ3n) is 10.3. The molecule has 0 saturated carbocycles. The van der Waals surface area contributed by atoms with Gasteiger partial charge in [0.05, 0.1) is 0 Å². The van der Waals surface area contributed by atoms with E-state index in [9.17, 15) is 0 Å². The number of rotatable bonds is 5. The molecule has 0 atom stereocenters. The van der Waals surface area contributed by atoms with Gasteiger partial charge in [-0.25, -0.2) is 15.0 Å². The van der Waals surface area contributed by atoms with Gasteiger partial charge in [0, 0.05) is 58.6 Å². The van der Waals surface area contributed by atoms with E-state index in [2.05, 4.69) is 152 Å². The van der Waals surface area contributed by atoms with Crippen molar-refractivity contribution in [2.75, 3.05) is 0 Å². The maximum absolute atomic E-state index is 6.77.